The normalized spacial score (nSPS) is 16.2. The summed E-state index contributed by atoms with van der Waals surface area (Å²) in [5, 5.41) is 3.19. The number of nitrogens with zero attached hydrogens (tertiary/aromatic N) is 3. The largest absolute Gasteiger partial charge is 0.373 e. The van der Waals surface area contributed by atoms with Crippen LogP contribution in [0.4, 0.5) is 11.6 Å². The van der Waals surface area contributed by atoms with E-state index in [1.807, 2.05) is 7.05 Å². The summed E-state index contributed by atoms with van der Waals surface area (Å²) in [7, 11) is 1.93. The maximum atomic E-state index is 4.81. The Hall–Kier alpha value is -1.32. The van der Waals surface area contributed by atoms with Crippen LogP contribution >= 0.6 is 0 Å². The average molecular weight is 248 g/mol. The number of hydrogen-bond acceptors (Lipinski definition) is 4. The molecule has 4 heteroatoms. The zero-order valence-electron chi connectivity index (χ0n) is 12.2. The molecule has 0 atom stereocenters. The van der Waals surface area contributed by atoms with E-state index >= 15 is 0 Å². The van der Waals surface area contributed by atoms with Crippen molar-refractivity contribution in [3.63, 3.8) is 0 Å². The minimum atomic E-state index is -0.0201. The van der Waals surface area contributed by atoms with E-state index in [4.69, 9.17) is 4.98 Å². The summed E-state index contributed by atoms with van der Waals surface area (Å²) >= 11 is 0. The van der Waals surface area contributed by atoms with E-state index in [0.29, 0.717) is 0 Å². The van der Waals surface area contributed by atoms with E-state index in [1.54, 1.807) is 0 Å². The zero-order chi connectivity index (χ0) is 13.3. The molecule has 0 amide bonds. The number of hydrogen-bond donors (Lipinski definition) is 1. The first-order chi connectivity index (χ1) is 8.43. The number of aromatic nitrogens is 2. The molecule has 100 valence electrons. The Labute approximate surface area is 110 Å². The Morgan fingerprint density at radius 3 is 2.22 bits per heavy atom. The lowest BCUT2D eigenvalue weighted by Crippen LogP contribution is -2.25. The first-order valence-electron chi connectivity index (χ1n) is 6.75. The van der Waals surface area contributed by atoms with Crippen LogP contribution in [-0.4, -0.2) is 30.1 Å². The van der Waals surface area contributed by atoms with Gasteiger partial charge < -0.3 is 10.2 Å². The molecule has 0 saturated carbocycles. The van der Waals surface area contributed by atoms with Crippen LogP contribution in [0.3, 0.4) is 0 Å². The standard InChI is InChI=1S/C14H24N4/c1-10-11(15-5)16-13(14(2,3)4)17-12(10)18-8-6-7-9-18/h6-9H2,1-5H3,(H,15,16,17). The van der Waals surface area contributed by atoms with Gasteiger partial charge in [-0.3, -0.25) is 0 Å². The maximum absolute atomic E-state index is 4.81. The summed E-state index contributed by atoms with van der Waals surface area (Å²) < 4.78 is 0. The van der Waals surface area contributed by atoms with Crippen LogP contribution in [-0.2, 0) is 5.41 Å². The molecule has 0 spiro atoms. The van der Waals surface area contributed by atoms with Crippen LogP contribution in [0.25, 0.3) is 0 Å². The van der Waals surface area contributed by atoms with Gasteiger partial charge in [-0.25, -0.2) is 9.97 Å². The lowest BCUT2D eigenvalue weighted by molar-refractivity contribution is 0.545. The second kappa shape index (κ2) is 4.75. The van der Waals surface area contributed by atoms with Gasteiger partial charge in [0.2, 0.25) is 0 Å². The van der Waals surface area contributed by atoms with Gasteiger partial charge in [-0.2, -0.15) is 0 Å². The van der Waals surface area contributed by atoms with E-state index < -0.39 is 0 Å². The third-order valence-electron chi connectivity index (χ3n) is 3.43. The maximum Gasteiger partial charge on any atom is 0.138 e. The summed E-state index contributed by atoms with van der Waals surface area (Å²) in [6.45, 7) is 10.8. The fourth-order valence-corrected chi connectivity index (χ4v) is 2.32. The van der Waals surface area contributed by atoms with Gasteiger partial charge in [-0.15, -0.1) is 0 Å². The molecule has 1 N–H and O–H groups in total. The van der Waals surface area contributed by atoms with Gasteiger partial charge in [0.1, 0.15) is 17.5 Å². The summed E-state index contributed by atoms with van der Waals surface area (Å²) in [6.07, 6.45) is 2.53. The van der Waals surface area contributed by atoms with Crippen molar-refractivity contribution in [2.45, 2.75) is 46.0 Å². The Balaban J connectivity index is 2.49. The second-order valence-corrected chi connectivity index (χ2v) is 6.04. The van der Waals surface area contributed by atoms with Crippen molar-refractivity contribution in [1.82, 2.24) is 9.97 Å². The number of nitrogens with one attached hydrogen (secondary N) is 1. The zero-order valence-corrected chi connectivity index (χ0v) is 12.2. The molecule has 0 unspecified atom stereocenters. The molecule has 18 heavy (non-hydrogen) atoms. The fourth-order valence-electron chi connectivity index (χ4n) is 2.32. The molecule has 0 aromatic carbocycles. The van der Waals surface area contributed by atoms with E-state index in [0.717, 1.165) is 36.1 Å². The van der Waals surface area contributed by atoms with Crippen LogP contribution in [0.15, 0.2) is 0 Å². The van der Waals surface area contributed by atoms with Crippen LogP contribution in [0.1, 0.15) is 45.0 Å². The molecule has 1 aliphatic rings. The van der Waals surface area contributed by atoms with E-state index in [9.17, 15) is 0 Å². The van der Waals surface area contributed by atoms with Crippen molar-refractivity contribution in [3.8, 4) is 0 Å². The Kier molecular flexibility index (Phi) is 3.46. The molecule has 2 heterocycles. The predicted octanol–water partition coefficient (Wildman–Crippen LogP) is 2.72. The second-order valence-electron chi connectivity index (χ2n) is 6.04. The molecule has 1 aromatic heterocycles. The van der Waals surface area contributed by atoms with E-state index in [-0.39, 0.29) is 5.41 Å². The van der Waals surface area contributed by atoms with Crippen molar-refractivity contribution in [2.75, 3.05) is 30.4 Å². The van der Waals surface area contributed by atoms with Gasteiger partial charge in [0.05, 0.1) is 0 Å². The SMILES string of the molecule is CNc1nc(C(C)(C)C)nc(N2CCCC2)c1C. The first kappa shape index (κ1) is 13.1. The highest BCUT2D eigenvalue weighted by Gasteiger charge is 2.24. The molecule has 2 rings (SSSR count). The molecule has 0 radical (unpaired) electrons. The van der Waals surface area contributed by atoms with Gasteiger partial charge in [-0.05, 0) is 19.8 Å². The highest BCUT2D eigenvalue weighted by molar-refractivity contribution is 5.59. The van der Waals surface area contributed by atoms with Gasteiger partial charge >= 0.3 is 0 Å². The van der Waals surface area contributed by atoms with Crippen LogP contribution < -0.4 is 10.2 Å². The highest BCUT2D eigenvalue weighted by Crippen LogP contribution is 2.29. The van der Waals surface area contributed by atoms with Crippen molar-refractivity contribution >= 4 is 11.6 Å². The van der Waals surface area contributed by atoms with E-state index in [1.165, 1.54) is 12.8 Å². The quantitative estimate of drug-likeness (QED) is 0.873. The topological polar surface area (TPSA) is 41.1 Å². The smallest absolute Gasteiger partial charge is 0.138 e. The third kappa shape index (κ3) is 2.42. The molecule has 1 fully saturated rings. The molecule has 1 aliphatic heterocycles. The molecule has 1 saturated heterocycles. The molecule has 0 bridgehead atoms. The van der Waals surface area contributed by atoms with Gasteiger partial charge in [-0.1, -0.05) is 20.8 Å². The monoisotopic (exact) mass is 248 g/mol. The average Bonchev–Trinajstić information content (AvgIpc) is 2.81. The van der Waals surface area contributed by atoms with Crippen LogP contribution in [0.5, 0.6) is 0 Å². The minimum Gasteiger partial charge on any atom is -0.373 e. The minimum absolute atomic E-state index is 0.0201. The van der Waals surface area contributed by atoms with Crippen LogP contribution in [0, 0.1) is 6.92 Å². The summed E-state index contributed by atoms with van der Waals surface area (Å²) in [6, 6.07) is 0. The van der Waals surface area contributed by atoms with Crippen molar-refractivity contribution < 1.29 is 0 Å². The lowest BCUT2D eigenvalue weighted by Gasteiger charge is -2.24. The van der Waals surface area contributed by atoms with Gasteiger partial charge in [0, 0.05) is 31.1 Å². The molecule has 0 aliphatic carbocycles. The summed E-state index contributed by atoms with van der Waals surface area (Å²) in [5.74, 6) is 2.98. The number of anilines is 2. The molecule has 4 nitrogen and oxygen atoms in total. The lowest BCUT2D eigenvalue weighted by atomic mass is 9.95. The van der Waals surface area contributed by atoms with Crippen LogP contribution in [0.2, 0.25) is 0 Å². The number of rotatable bonds is 2. The molecular formula is C14H24N4. The van der Waals surface area contributed by atoms with Gasteiger partial charge in [0.25, 0.3) is 0 Å². The van der Waals surface area contributed by atoms with Crippen molar-refractivity contribution in [3.05, 3.63) is 11.4 Å². The van der Waals surface area contributed by atoms with E-state index in [2.05, 4.69) is 42.9 Å². The Morgan fingerprint density at radius 1 is 1.11 bits per heavy atom. The third-order valence-corrected chi connectivity index (χ3v) is 3.43. The van der Waals surface area contributed by atoms with Gasteiger partial charge in [0.15, 0.2) is 0 Å². The summed E-state index contributed by atoms with van der Waals surface area (Å²) in [4.78, 5) is 11.8. The summed E-state index contributed by atoms with van der Waals surface area (Å²) in [5.41, 5.74) is 1.14. The molecular weight excluding hydrogens is 224 g/mol. The van der Waals surface area contributed by atoms with Crippen molar-refractivity contribution in [2.24, 2.45) is 0 Å². The predicted molar refractivity (Wildman–Crippen MR) is 76.5 cm³/mol. The Bertz CT molecular complexity index is 428. The fraction of sp³-hybridized carbons (Fsp3) is 0.714. The molecule has 1 aromatic rings. The first-order valence-corrected chi connectivity index (χ1v) is 6.75. The van der Waals surface area contributed by atoms with Crippen molar-refractivity contribution in [1.29, 1.82) is 0 Å². The Morgan fingerprint density at radius 2 is 1.72 bits per heavy atom. The highest BCUT2D eigenvalue weighted by atomic mass is 15.2.